The first-order valence-electron chi connectivity index (χ1n) is 20.6. The van der Waals surface area contributed by atoms with Gasteiger partial charge in [0.1, 0.15) is 11.0 Å². The maximum absolute atomic E-state index is 13.0. The summed E-state index contributed by atoms with van der Waals surface area (Å²) >= 11 is 2.98. The van der Waals surface area contributed by atoms with Crippen molar-refractivity contribution in [1.29, 1.82) is 0 Å². The molecule has 2 fully saturated rings. The maximum atomic E-state index is 13.0. The van der Waals surface area contributed by atoms with Crippen LogP contribution in [0.1, 0.15) is 103 Å². The van der Waals surface area contributed by atoms with E-state index >= 15 is 0 Å². The van der Waals surface area contributed by atoms with Gasteiger partial charge < -0.3 is 36.9 Å². The largest absolute Gasteiger partial charge is 0.466 e. The molecule has 0 spiro atoms. The first-order valence-corrected chi connectivity index (χ1v) is 22.2. The lowest BCUT2D eigenvalue weighted by Gasteiger charge is -2.21. The van der Waals surface area contributed by atoms with Gasteiger partial charge in [0.25, 0.3) is 0 Å². The van der Waals surface area contributed by atoms with Gasteiger partial charge in [-0.05, 0) is 75.9 Å². The molecule has 18 heteroatoms. The second-order valence-electron chi connectivity index (χ2n) is 17.2. The third-order valence-corrected chi connectivity index (χ3v) is 12.4. The number of anilines is 1. The van der Waals surface area contributed by atoms with Gasteiger partial charge in [0.15, 0.2) is 5.13 Å². The molecule has 2 aliphatic heterocycles. The SMILES string of the molecule is C.CCOC(=O)[C@@H]1CN[C@H](C(N)=O)C1.CCOC(=O)[C@H]1C[C@@H](C(N)=O)N(C(=O)Cc2nc(C)c(-c3ccnc(C(C)(C)C)c3)s2)C1.Cc1nc(N)sc1-c1ccnc(C(C)(C)C)c1. The van der Waals surface area contributed by atoms with Gasteiger partial charge in [0.2, 0.25) is 17.7 Å². The van der Waals surface area contributed by atoms with Crippen LogP contribution in [0.3, 0.4) is 0 Å². The highest BCUT2D eigenvalue weighted by atomic mass is 32.1. The molecular formula is C45H65N9O7S2. The molecule has 6 heterocycles. The molecule has 7 N–H and O–H groups in total. The number of nitrogen functional groups attached to an aromatic ring is 1. The Kier molecular flexibility index (Phi) is 18.4. The molecule has 0 aromatic carbocycles. The topological polar surface area (TPSA) is 249 Å². The predicted octanol–water partition coefficient (Wildman–Crippen LogP) is 5.66. The molecule has 63 heavy (non-hydrogen) atoms. The first kappa shape index (κ1) is 52.0. The van der Waals surface area contributed by atoms with Crippen molar-refractivity contribution >= 4 is 57.5 Å². The van der Waals surface area contributed by atoms with Gasteiger partial charge in [0.05, 0.1) is 58.7 Å². The number of hydrogen-bond donors (Lipinski definition) is 4. The molecule has 3 amide bonds. The minimum absolute atomic E-state index is 0. The Bertz CT molecular complexity index is 2230. The highest BCUT2D eigenvalue weighted by molar-refractivity contribution is 7.18. The first-order chi connectivity index (χ1) is 29.0. The zero-order valence-electron chi connectivity index (χ0n) is 37.4. The third kappa shape index (κ3) is 14.1. The molecule has 16 nitrogen and oxygen atoms in total. The van der Waals surface area contributed by atoms with Crippen LogP contribution < -0.4 is 22.5 Å². The van der Waals surface area contributed by atoms with E-state index in [2.05, 4.69) is 78.9 Å². The summed E-state index contributed by atoms with van der Waals surface area (Å²) in [5.41, 5.74) is 22.3. The number of pyridine rings is 2. The Hall–Kier alpha value is -5.33. The summed E-state index contributed by atoms with van der Waals surface area (Å²) in [5, 5.41) is 4.14. The van der Waals surface area contributed by atoms with Gasteiger partial charge in [-0.1, -0.05) is 60.3 Å². The van der Waals surface area contributed by atoms with Crippen molar-refractivity contribution in [3.8, 4) is 20.9 Å². The van der Waals surface area contributed by atoms with Crippen LogP contribution in [0.15, 0.2) is 36.7 Å². The number of aromatic nitrogens is 4. The molecule has 4 aromatic heterocycles. The average Bonchev–Trinajstić information content (AvgIpc) is 4.01. The fraction of sp³-hybridized carbons (Fsp3) is 0.533. The Morgan fingerprint density at radius 2 is 1.29 bits per heavy atom. The summed E-state index contributed by atoms with van der Waals surface area (Å²) in [4.78, 5) is 80.2. The number of aryl methyl sites for hydroxylation is 2. The summed E-state index contributed by atoms with van der Waals surface area (Å²) in [6, 6.07) is 6.94. The number of hydrogen-bond acceptors (Lipinski definition) is 15. The maximum Gasteiger partial charge on any atom is 0.310 e. The monoisotopic (exact) mass is 907 g/mol. The Morgan fingerprint density at radius 3 is 1.73 bits per heavy atom. The van der Waals surface area contributed by atoms with Gasteiger partial charge in [-0.2, -0.15) is 0 Å². The van der Waals surface area contributed by atoms with Crippen LogP contribution in [0.4, 0.5) is 5.13 Å². The van der Waals surface area contributed by atoms with E-state index in [0.29, 0.717) is 29.7 Å². The third-order valence-electron chi connectivity index (χ3n) is 10.2. The molecule has 0 aliphatic carbocycles. The van der Waals surface area contributed by atoms with Crippen molar-refractivity contribution in [2.75, 3.05) is 32.0 Å². The Balaban J connectivity index is 0.000000284. The minimum Gasteiger partial charge on any atom is -0.466 e. The summed E-state index contributed by atoms with van der Waals surface area (Å²) in [6.45, 7) is 21.4. The van der Waals surface area contributed by atoms with Crippen molar-refractivity contribution in [2.45, 2.75) is 119 Å². The fourth-order valence-corrected chi connectivity index (χ4v) is 8.76. The van der Waals surface area contributed by atoms with Gasteiger partial charge in [-0.25, -0.2) is 9.97 Å². The standard InChI is InChI=1S/C23H30N4O4S.C13H17N3S.C8H14N2O3.CH4/c1-6-31-22(30)15-9-16(21(24)29)27(12-15)19(28)11-18-26-13(2)20(32-18)14-7-8-25-17(10-14)23(3,4)5;1-8-11(17-12(14)16-8)9-5-6-15-10(7-9)13(2,3)4;1-2-13-8(12)5-3-6(7(9)11)10-4-5;/h7-8,10,15-16H,6,9,11-12H2,1-5H3,(H2,24,29);5-7H,1-4H3,(H2,14,16);5-6,10H,2-4H2,1H3,(H2,9,11);1H4/t15-,16-;;5-,6-;/m0.0./s1. The van der Waals surface area contributed by atoms with Crippen LogP contribution >= 0.6 is 22.7 Å². The summed E-state index contributed by atoms with van der Waals surface area (Å²) < 4.78 is 9.88. The normalized spacial score (nSPS) is 18.2. The second-order valence-corrected chi connectivity index (χ2v) is 19.3. The number of amides is 3. The van der Waals surface area contributed by atoms with Crippen LogP contribution in [-0.4, -0.2) is 92.9 Å². The zero-order valence-corrected chi connectivity index (χ0v) is 39.0. The van der Waals surface area contributed by atoms with Crippen molar-refractivity contribution in [3.63, 3.8) is 0 Å². The van der Waals surface area contributed by atoms with E-state index in [4.69, 9.17) is 26.7 Å². The molecule has 344 valence electrons. The van der Waals surface area contributed by atoms with E-state index in [1.54, 1.807) is 20.0 Å². The number of carbonyl (C=O) groups excluding carboxylic acids is 5. The van der Waals surface area contributed by atoms with Crippen LogP contribution in [-0.2, 0) is 50.7 Å². The number of nitrogens with two attached hydrogens (primary N) is 3. The summed E-state index contributed by atoms with van der Waals surface area (Å²) in [5.74, 6) is -2.73. The van der Waals surface area contributed by atoms with E-state index in [-0.39, 0.29) is 68.1 Å². The van der Waals surface area contributed by atoms with E-state index < -0.39 is 29.7 Å². The Labute approximate surface area is 379 Å². The van der Waals surface area contributed by atoms with Gasteiger partial charge in [-0.3, -0.25) is 33.9 Å². The number of nitrogens with one attached hydrogen (secondary N) is 1. The number of nitrogens with zero attached hydrogens (tertiary/aromatic N) is 5. The van der Waals surface area contributed by atoms with Crippen molar-refractivity contribution < 1.29 is 33.4 Å². The van der Waals surface area contributed by atoms with E-state index in [9.17, 15) is 24.0 Å². The van der Waals surface area contributed by atoms with E-state index in [0.717, 1.165) is 43.7 Å². The van der Waals surface area contributed by atoms with Crippen LogP contribution in [0.25, 0.3) is 20.9 Å². The van der Waals surface area contributed by atoms with E-state index in [1.165, 1.54) is 27.6 Å². The van der Waals surface area contributed by atoms with Crippen LogP contribution in [0, 0.1) is 25.7 Å². The molecule has 2 aliphatic rings. The lowest BCUT2D eigenvalue weighted by molar-refractivity contribution is -0.148. The number of ether oxygens (including phenoxy) is 2. The van der Waals surface area contributed by atoms with Gasteiger partial charge in [0, 0.05) is 47.7 Å². The lowest BCUT2D eigenvalue weighted by atomic mass is 9.90. The molecule has 0 unspecified atom stereocenters. The minimum atomic E-state index is -0.813. The lowest BCUT2D eigenvalue weighted by Crippen LogP contribution is -2.44. The van der Waals surface area contributed by atoms with Gasteiger partial charge in [-0.15, -0.1) is 11.3 Å². The predicted molar refractivity (Wildman–Crippen MR) is 248 cm³/mol. The smallest absolute Gasteiger partial charge is 0.310 e. The summed E-state index contributed by atoms with van der Waals surface area (Å²) in [7, 11) is 0. The zero-order chi connectivity index (χ0) is 46.1. The molecule has 4 aromatic rings. The number of rotatable bonds is 10. The average molecular weight is 908 g/mol. The van der Waals surface area contributed by atoms with Crippen LogP contribution in [0.2, 0.25) is 0 Å². The van der Waals surface area contributed by atoms with Crippen LogP contribution in [0.5, 0.6) is 0 Å². The molecular weight excluding hydrogens is 843 g/mol. The number of primary amides is 2. The second kappa shape index (κ2) is 22.3. The summed E-state index contributed by atoms with van der Waals surface area (Å²) in [6.07, 6.45) is 4.33. The number of thiazole rings is 2. The molecule has 0 saturated carbocycles. The number of likely N-dealkylation sites (tertiary alicyclic amines) is 1. The highest BCUT2D eigenvalue weighted by Gasteiger charge is 2.42. The molecule has 0 bridgehead atoms. The van der Waals surface area contributed by atoms with Crippen molar-refractivity contribution in [3.05, 3.63) is 64.4 Å². The molecule has 0 radical (unpaired) electrons. The molecule has 4 atom stereocenters. The van der Waals surface area contributed by atoms with Crippen molar-refractivity contribution in [1.82, 2.24) is 30.2 Å². The highest BCUT2D eigenvalue weighted by Crippen LogP contribution is 2.35. The number of carbonyl (C=O) groups is 5. The fourth-order valence-electron chi connectivity index (χ4n) is 6.88. The molecule has 6 rings (SSSR count). The molecule has 2 saturated heterocycles. The van der Waals surface area contributed by atoms with Crippen molar-refractivity contribution in [2.24, 2.45) is 23.3 Å². The number of esters is 2. The van der Waals surface area contributed by atoms with Gasteiger partial charge >= 0.3 is 11.9 Å². The Morgan fingerprint density at radius 1 is 0.778 bits per heavy atom. The quantitative estimate of drug-likeness (QED) is 0.140. The van der Waals surface area contributed by atoms with E-state index in [1.807, 2.05) is 32.2 Å².